The summed E-state index contributed by atoms with van der Waals surface area (Å²) in [6.07, 6.45) is 5.18. The van der Waals surface area contributed by atoms with Crippen molar-refractivity contribution in [3.05, 3.63) is 46.6 Å². The zero-order valence-electron chi connectivity index (χ0n) is 15.5. The van der Waals surface area contributed by atoms with Gasteiger partial charge in [-0.05, 0) is 43.9 Å². The summed E-state index contributed by atoms with van der Waals surface area (Å²) in [5.74, 6) is -1.42. The van der Waals surface area contributed by atoms with Crippen molar-refractivity contribution in [2.45, 2.75) is 52.6 Å². The molecule has 1 aliphatic rings. The van der Waals surface area contributed by atoms with Crippen molar-refractivity contribution in [2.75, 3.05) is 0 Å². The van der Waals surface area contributed by atoms with Gasteiger partial charge in [-0.1, -0.05) is 38.3 Å². The van der Waals surface area contributed by atoms with Crippen LogP contribution in [0.5, 0.6) is 11.5 Å². The van der Waals surface area contributed by atoms with Crippen LogP contribution in [0.15, 0.2) is 35.4 Å². The summed E-state index contributed by atoms with van der Waals surface area (Å²) in [4.78, 5) is 24.9. The molecule has 2 atom stereocenters. The Labute approximate surface area is 153 Å². The molecule has 0 radical (unpaired) electrons. The zero-order valence-corrected chi connectivity index (χ0v) is 15.5. The van der Waals surface area contributed by atoms with Gasteiger partial charge < -0.3 is 15.3 Å². The molecule has 1 aliphatic carbocycles. The van der Waals surface area contributed by atoms with E-state index in [9.17, 15) is 24.9 Å². The number of carbonyl (C=O) groups excluding carboxylic acids is 2. The molecule has 0 aromatic heterocycles. The van der Waals surface area contributed by atoms with Gasteiger partial charge in [-0.2, -0.15) is 0 Å². The number of Topliss-reactive ketones (excluding diaryl/α,β-unsaturated/α-hetero) is 1. The molecule has 0 saturated carbocycles. The average molecular weight is 358 g/mol. The van der Waals surface area contributed by atoms with E-state index < -0.39 is 17.7 Å². The maximum absolute atomic E-state index is 12.6. The summed E-state index contributed by atoms with van der Waals surface area (Å²) in [5.41, 5.74) is 0.602. The van der Waals surface area contributed by atoms with Crippen molar-refractivity contribution in [1.29, 1.82) is 0 Å². The van der Waals surface area contributed by atoms with E-state index in [1.165, 1.54) is 0 Å². The Morgan fingerprint density at radius 3 is 2.38 bits per heavy atom. The van der Waals surface area contributed by atoms with Crippen molar-refractivity contribution < 1.29 is 24.9 Å². The zero-order chi connectivity index (χ0) is 19.4. The molecule has 2 rings (SSSR count). The fraction of sp³-hybridized carbons (Fsp3) is 0.429. The largest absolute Gasteiger partial charge is 0.507 e. The second-order valence-corrected chi connectivity index (χ2v) is 7.05. The predicted molar refractivity (Wildman–Crippen MR) is 99.6 cm³/mol. The van der Waals surface area contributed by atoms with Gasteiger partial charge in [0.2, 0.25) is 0 Å². The molecule has 0 bridgehead atoms. The van der Waals surface area contributed by atoms with Crippen LogP contribution in [-0.2, 0) is 0 Å². The fourth-order valence-corrected chi connectivity index (χ4v) is 3.40. The van der Waals surface area contributed by atoms with Crippen LogP contribution in [0.25, 0.3) is 0 Å². The standard InChI is InChI=1S/C21H26O5/c1-4-5-12(2)10-13(3)6-7-15(22)14-11-18(25)19-16(23)8-9-17(24)20(19)21(14)26/h6,8-9,11-12,15,22-24H,4-5,7,10H2,1-3H3/t12?,15-/m1/s1. The molecule has 0 amide bonds. The molecular formula is C21H26O5. The number of aliphatic hydroxyl groups excluding tert-OH is 1. The number of benzene rings is 1. The molecular weight excluding hydrogens is 332 g/mol. The van der Waals surface area contributed by atoms with Crippen LogP contribution in [0.3, 0.4) is 0 Å². The third-order valence-electron chi connectivity index (χ3n) is 4.68. The van der Waals surface area contributed by atoms with E-state index in [1.54, 1.807) is 0 Å². The highest BCUT2D eigenvalue weighted by Crippen LogP contribution is 2.35. The smallest absolute Gasteiger partial charge is 0.196 e. The van der Waals surface area contributed by atoms with Crippen molar-refractivity contribution in [2.24, 2.45) is 5.92 Å². The molecule has 0 spiro atoms. The van der Waals surface area contributed by atoms with E-state index in [2.05, 4.69) is 13.8 Å². The lowest BCUT2D eigenvalue weighted by molar-refractivity contribution is 0.0943. The summed E-state index contributed by atoms with van der Waals surface area (Å²) in [7, 11) is 0. The van der Waals surface area contributed by atoms with Crippen LogP contribution in [-0.4, -0.2) is 33.0 Å². The van der Waals surface area contributed by atoms with Gasteiger partial charge in [0, 0.05) is 5.57 Å². The monoisotopic (exact) mass is 358 g/mol. The SMILES string of the molecule is CCCC(C)CC(C)=CC[C@@H](O)C1=CC(=O)c2c(O)ccc(O)c2C1=O. The first-order chi connectivity index (χ1) is 12.3. The van der Waals surface area contributed by atoms with Crippen molar-refractivity contribution >= 4 is 11.6 Å². The maximum Gasteiger partial charge on any atom is 0.196 e. The number of ketones is 2. The number of aromatic hydroxyl groups is 2. The van der Waals surface area contributed by atoms with E-state index in [1.807, 2.05) is 13.0 Å². The highest BCUT2D eigenvalue weighted by Gasteiger charge is 2.33. The number of carbonyl (C=O) groups is 2. The van der Waals surface area contributed by atoms with E-state index in [4.69, 9.17) is 0 Å². The van der Waals surface area contributed by atoms with E-state index in [0.29, 0.717) is 5.92 Å². The summed E-state index contributed by atoms with van der Waals surface area (Å²) in [6, 6.07) is 2.33. The molecule has 1 aromatic rings. The second-order valence-electron chi connectivity index (χ2n) is 7.05. The second kappa shape index (κ2) is 8.32. The van der Waals surface area contributed by atoms with Crippen LogP contribution < -0.4 is 0 Å². The van der Waals surface area contributed by atoms with E-state index in [0.717, 1.165) is 43.0 Å². The van der Waals surface area contributed by atoms with Crippen LogP contribution in [0.2, 0.25) is 0 Å². The van der Waals surface area contributed by atoms with Gasteiger partial charge in [0.15, 0.2) is 11.6 Å². The number of aliphatic hydroxyl groups is 1. The summed E-state index contributed by atoms with van der Waals surface area (Å²) >= 11 is 0. The first-order valence-corrected chi connectivity index (χ1v) is 8.95. The Kier molecular flexibility index (Phi) is 6.37. The van der Waals surface area contributed by atoms with Gasteiger partial charge >= 0.3 is 0 Å². The number of allylic oxidation sites excluding steroid dienone is 2. The Hall–Kier alpha value is -2.40. The van der Waals surface area contributed by atoms with E-state index in [-0.39, 0.29) is 34.6 Å². The molecule has 140 valence electrons. The summed E-state index contributed by atoms with van der Waals surface area (Å²) in [5, 5.41) is 30.1. The number of phenolic OH excluding ortho intramolecular Hbond substituents is 2. The van der Waals surface area contributed by atoms with Crippen LogP contribution in [0, 0.1) is 5.92 Å². The molecule has 5 heteroatoms. The van der Waals surface area contributed by atoms with Crippen molar-refractivity contribution in [3.63, 3.8) is 0 Å². The minimum absolute atomic E-state index is 0.0611. The minimum Gasteiger partial charge on any atom is -0.507 e. The summed E-state index contributed by atoms with van der Waals surface area (Å²) in [6.45, 7) is 6.30. The van der Waals surface area contributed by atoms with Gasteiger partial charge in [0.25, 0.3) is 0 Å². The number of phenols is 2. The Morgan fingerprint density at radius 2 is 1.77 bits per heavy atom. The Morgan fingerprint density at radius 1 is 1.15 bits per heavy atom. The van der Waals surface area contributed by atoms with Crippen molar-refractivity contribution in [3.8, 4) is 11.5 Å². The molecule has 1 unspecified atom stereocenters. The lowest BCUT2D eigenvalue weighted by Gasteiger charge is -2.20. The fourth-order valence-electron chi connectivity index (χ4n) is 3.40. The van der Waals surface area contributed by atoms with Gasteiger partial charge in [-0.25, -0.2) is 0 Å². The molecule has 0 heterocycles. The van der Waals surface area contributed by atoms with Gasteiger partial charge in [-0.15, -0.1) is 0 Å². The highest BCUT2D eigenvalue weighted by molar-refractivity contribution is 6.26. The van der Waals surface area contributed by atoms with E-state index >= 15 is 0 Å². The number of hydrogen-bond acceptors (Lipinski definition) is 5. The third kappa shape index (κ3) is 4.22. The van der Waals surface area contributed by atoms with Crippen LogP contribution in [0.1, 0.15) is 67.2 Å². The highest BCUT2D eigenvalue weighted by atomic mass is 16.3. The number of rotatable bonds is 7. The molecule has 0 saturated heterocycles. The minimum atomic E-state index is -1.14. The average Bonchev–Trinajstić information content (AvgIpc) is 2.58. The van der Waals surface area contributed by atoms with Gasteiger partial charge in [-0.3, -0.25) is 9.59 Å². The normalized spacial score (nSPS) is 16.9. The maximum atomic E-state index is 12.6. The van der Waals surface area contributed by atoms with Crippen LogP contribution >= 0.6 is 0 Å². The molecule has 0 aliphatic heterocycles. The lowest BCUT2D eigenvalue weighted by Crippen LogP contribution is -2.25. The lowest BCUT2D eigenvalue weighted by atomic mass is 9.85. The molecule has 26 heavy (non-hydrogen) atoms. The molecule has 3 N–H and O–H groups in total. The van der Waals surface area contributed by atoms with Crippen LogP contribution in [0.4, 0.5) is 0 Å². The Balaban J connectivity index is 2.18. The van der Waals surface area contributed by atoms with Gasteiger partial charge in [0.05, 0.1) is 17.2 Å². The van der Waals surface area contributed by atoms with Crippen molar-refractivity contribution in [1.82, 2.24) is 0 Å². The quantitative estimate of drug-likeness (QED) is 0.507. The number of fused-ring (bicyclic) bond motifs is 1. The summed E-state index contributed by atoms with van der Waals surface area (Å²) < 4.78 is 0. The Bertz CT molecular complexity index is 773. The number of hydrogen-bond donors (Lipinski definition) is 3. The first-order valence-electron chi connectivity index (χ1n) is 8.95. The third-order valence-corrected chi connectivity index (χ3v) is 4.68. The first kappa shape index (κ1) is 19.9. The molecule has 5 nitrogen and oxygen atoms in total. The molecule has 0 fully saturated rings. The molecule has 1 aromatic carbocycles. The van der Waals surface area contributed by atoms with Gasteiger partial charge in [0.1, 0.15) is 11.5 Å². The predicted octanol–water partition coefficient (Wildman–Crippen LogP) is 3.93. The topological polar surface area (TPSA) is 94.8 Å².